The number of carbonyl (C=O) groups is 1. The molecule has 2 rings (SSSR count). The molecular weight excluding hydrogens is 346 g/mol. The molecule has 0 saturated carbocycles. The second-order valence-electron chi connectivity index (χ2n) is 5.52. The number of likely N-dealkylation sites (N-methyl/N-ethyl adjacent to an activating group) is 1. The van der Waals surface area contributed by atoms with Crippen molar-refractivity contribution in [1.82, 2.24) is 14.5 Å². The average molecular weight is 368 g/mol. The van der Waals surface area contributed by atoms with Gasteiger partial charge >= 0.3 is 6.09 Å². The van der Waals surface area contributed by atoms with Gasteiger partial charge in [-0.15, -0.1) is 0 Å². The van der Waals surface area contributed by atoms with Gasteiger partial charge in [-0.1, -0.05) is 29.3 Å². The number of ether oxygens (including phenoxy) is 1. The Hall–Kier alpha value is -1.40. The van der Waals surface area contributed by atoms with Crippen molar-refractivity contribution >= 4 is 33.1 Å². The summed E-state index contributed by atoms with van der Waals surface area (Å²) in [6.45, 7) is 3.34. The van der Waals surface area contributed by atoms with E-state index >= 15 is 0 Å². The number of hydrogen-bond acceptors (Lipinski definition) is 4. The lowest BCUT2D eigenvalue weighted by molar-refractivity contribution is 0.146. The lowest BCUT2D eigenvalue weighted by Gasteiger charge is -2.11. The third kappa shape index (κ3) is 4.08. The number of imidazole rings is 1. The number of carbonyl (C=O) groups excluding carboxylic acids is 1. The zero-order valence-electron chi connectivity index (χ0n) is 13.3. The van der Waals surface area contributed by atoms with Crippen LogP contribution in [0.2, 0.25) is 0 Å². The van der Waals surface area contributed by atoms with Crippen LogP contribution in [-0.4, -0.2) is 47.8 Å². The Bertz CT molecular complexity index is 652. The number of nitrogens with zero attached hydrogens (tertiary/aromatic N) is 3. The summed E-state index contributed by atoms with van der Waals surface area (Å²) in [6, 6.07) is 5.74. The molecule has 0 radical (unpaired) electrons. The lowest BCUT2D eigenvalue weighted by Crippen LogP contribution is -2.21. The number of aromatic nitrogens is 2. The molecule has 0 fully saturated rings. The van der Waals surface area contributed by atoms with Crippen LogP contribution in [0.5, 0.6) is 0 Å². The van der Waals surface area contributed by atoms with Crippen molar-refractivity contribution in [2.24, 2.45) is 0 Å². The number of benzene rings is 1. The first-order chi connectivity index (χ1) is 10.5. The lowest BCUT2D eigenvalue weighted by atomic mass is 10.3. The predicted octanol–water partition coefficient (Wildman–Crippen LogP) is 3.69. The van der Waals surface area contributed by atoms with Crippen molar-refractivity contribution in [2.75, 3.05) is 27.2 Å². The molecule has 1 aromatic carbocycles. The Labute approximate surface area is 139 Å². The largest absolute Gasteiger partial charge is 0.449 e. The monoisotopic (exact) mass is 367 g/mol. The van der Waals surface area contributed by atoms with Gasteiger partial charge in [-0.05, 0) is 38.7 Å². The Morgan fingerprint density at radius 1 is 1.41 bits per heavy atom. The maximum Gasteiger partial charge on any atom is 0.419 e. The van der Waals surface area contributed by atoms with Gasteiger partial charge < -0.3 is 9.64 Å². The fraction of sp³-hybridized carbons (Fsp3) is 0.500. The summed E-state index contributed by atoms with van der Waals surface area (Å²) in [4.78, 5) is 19.1. The van der Waals surface area contributed by atoms with Gasteiger partial charge in [-0.2, -0.15) is 0 Å². The molecule has 2 aromatic rings. The van der Waals surface area contributed by atoms with E-state index in [1.54, 1.807) is 4.57 Å². The van der Waals surface area contributed by atoms with E-state index < -0.39 is 0 Å². The van der Waals surface area contributed by atoms with Crippen molar-refractivity contribution in [3.8, 4) is 0 Å². The summed E-state index contributed by atoms with van der Waals surface area (Å²) < 4.78 is 7.89. The standard InChI is InChI=1S/C16H22BrN3O2/c1-4-5-10-22-16(21)20-14-11-12(17)6-7-13(14)18-15(20)8-9-19(2)3/h6-7,11H,4-5,8-10H2,1-3H3. The second-order valence-corrected chi connectivity index (χ2v) is 6.43. The molecule has 0 bridgehead atoms. The molecule has 0 aliphatic heterocycles. The SMILES string of the molecule is CCCCOC(=O)n1c(CCN(C)C)nc2ccc(Br)cc21. The normalized spacial score (nSPS) is 11.3. The smallest absolute Gasteiger partial charge is 0.419 e. The minimum absolute atomic E-state index is 0.345. The maximum absolute atomic E-state index is 12.4. The quantitative estimate of drug-likeness (QED) is 0.730. The van der Waals surface area contributed by atoms with Crippen LogP contribution in [0.1, 0.15) is 25.6 Å². The number of halogens is 1. The molecule has 6 heteroatoms. The van der Waals surface area contributed by atoms with Gasteiger partial charge in [0.25, 0.3) is 0 Å². The van der Waals surface area contributed by atoms with E-state index in [2.05, 4.69) is 32.7 Å². The Kier molecular flexibility index (Phi) is 5.97. The highest BCUT2D eigenvalue weighted by Gasteiger charge is 2.18. The van der Waals surface area contributed by atoms with Crippen LogP contribution >= 0.6 is 15.9 Å². The molecule has 0 spiro atoms. The average Bonchev–Trinajstić information content (AvgIpc) is 2.82. The topological polar surface area (TPSA) is 47.4 Å². The van der Waals surface area contributed by atoms with Gasteiger partial charge in [0.05, 0.1) is 17.6 Å². The zero-order chi connectivity index (χ0) is 16.1. The predicted molar refractivity (Wildman–Crippen MR) is 91.3 cm³/mol. The van der Waals surface area contributed by atoms with Gasteiger partial charge in [0.15, 0.2) is 0 Å². The maximum atomic E-state index is 12.4. The van der Waals surface area contributed by atoms with Crippen LogP contribution in [0.3, 0.4) is 0 Å². The van der Waals surface area contributed by atoms with Crippen LogP contribution in [-0.2, 0) is 11.2 Å². The number of rotatable bonds is 6. The van der Waals surface area contributed by atoms with E-state index in [9.17, 15) is 4.79 Å². The van der Waals surface area contributed by atoms with Crippen molar-refractivity contribution in [3.63, 3.8) is 0 Å². The molecule has 0 N–H and O–H groups in total. The molecule has 5 nitrogen and oxygen atoms in total. The van der Waals surface area contributed by atoms with E-state index in [0.717, 1.165) is 40.7 Å². The molecule has 0 saturated heterocycles. The molecule has 1 heterocycles. The summed E-state index contributed by atoms with van der Waals surface area (Å²) in [5, 5.41) is 0. The first kappa shape index (κ1) is 17.0. The number of unbranched alkanes of at least 4 members (excludes halogenated alkanes) is 1. The molecule has 0 unspecified atom stereocenters. The molecule has 1 aromatic heterocycles. The zero-order valence-corrected chi connectivity index (χ0v) is 14.9. The third-order valence-electron chi connectivity index (χ3n) is 3.37. The van der Waals surface area contributed by atoms with E-state index in [-0.39, 0.29) is 6.09 Å². The van der Waals surface area contributed by atoms with Gasteiger partial charge in [-0.3, -0.25) is 0 Å². The Morgan fingerprint density at radius 3 is 2.86 bits per heavy atom. The third-order valence-corrected chi connectivity index (χ3v) is 3.87. The van der Waals surface area contributed by atoms with E-state index in [0.29, 0.717) is 13.0 Å². The van der Waals surface area contributed by atoms with Crippen LogP contribution in [0, 0.1) is 0 Å². The van der Waals surface area contributed by atoms with Gasteiger partial charge in [0.2, 0.25) is 0 Å². The highest BCUT2D eigenvalue weighted by molar-refractivity contribution is 9.10. The highest BCUT2D eigenvalue weighted by Crippen LogP contribution is 2.22. The molecule has 0 atom stereocenters. The highest BCUT2D eigenvalue weighted by atomic mass is 79.9. The van der Waals surface area contributed by atoms with Crippen LogP contribution in [0.15, 0.2) is 22.7 Å². The van der Waals surface area contributed by atoms with Crippen molar-refractivity contribution in [2.45, 2.75) is 26.2 Å². The molecule has 0 aliphatic carbocycles. The minimum Gasteiger partial charge on any atom is -0.449 e. The number of hydrogen-bond donors (Lipinski definition) is 0. The van der Waals surface area contributed by atoms with Crippen molar-refractivity contribution < 1.29 is 9.53 Å². The Morgan fingerprint density at radius 2 is 2.18 bits per heavy atom. The summed E-state index contributed by atoms with van der Waals surface area (Å²) in [5.74, 6) is 0.739. The van der Waals surface area contributed by atoms with Gasteiger partial charge in [-0.25, -0.2) is 14.3 Å². The molecule has 0 amide bonds. The van der Waals surface area contributed by atoms with Gasteiger partial charge in [0, 0.05) is 17.4 Å². The minimum atomic E-state index is -0.345. The summed E-state index contributed by atoms with van der Waals surface area (Å²) >= 11 is 3.45. The number of fused-ring (bicyclic) bond motifs is 1. The molecule has 0 aliphatic rings. The fourth-order valence-corrected chi connectivity index (χ4v) is 2.51. The summed E-state index contributed by atoms with van der Waals surface area (Å²) in [7, 11) is 4.01. The molecule has 120 valence electrons. The van der Waals surface area contributed by atoms with E-state index in [1.807, 2.05) is 32.3 Å². The van der Waals surface area contributed by atoms with Crippen LogP contribution < -0.4 is 0 Å². The molecular formula is C16H22BrN3O2. The van der Waals surface area contributed by atoms with E-state index in [4.69, 9.17) is 4.74 Å². The van der Waals surface area contributed by atoms with E-state index in [1.165, 1.54) is 0 Å². The first-order valence-corrected chi connectivity index (χ1v) is 8.31. The van der Waals surface area contributed by atoms with Gasteiger partial charge in [0.1, 0.15) is 5.82 Å². The van der Waals surface area contributed by atoms with Crippen molar-refractivity contribution in [1.29, 1.82) is 0 Å². The first-order valence-electron chi connectivity index (χ1n) is 7.51. The summed E-state index contributed by atoms with van der Waals surface area (Å²) in [6.07, 6.45) is 2.22. The Balaban J connectivity index is 2.35. The van der Waals surface area contributed by atoms with Crippen LogP contribution in [0.25, 0.3) is 11.0 Å². The van der Waals surface area contributed by atoms with Crippen LogP contribution in [0.4, 0.5) is 4.79 Å². The summed E-state index contributed by atoms with van der Waals surface area (Å²) in [5.41, 5.74) is 1.59. The second kappa shape index (κ2) is 7.74. The van der Waals surface area contributed by atoms with Crippen molar-refractivity contribution in [3.05, 3.63) is 28.5 Å². The fourth-order valence-electron chi connectivity index (χ4n) is 2.16. The molecule has 22 heavy (non-hydrogen) atoms.